The summed E-state index contributed by atoms with van der Waals surface area (Å²) < 4.78 is 5.59. The minimum absolute atomic E-state index is 0.601. The van der Waals surface area contributed by atoms with Crippen molar-refractivity contribution in [2.75, 3.05) is 31.6 Å². The number of hydrogen-bond acceptors (Lipinski definition) is 5. The Balaban J connectivity index is 1.93. The fourth-order valence-corrected chi connectivity index (χ4v) is 2.65. The molecule has 2 heterocycles. The zero-order chi connectivity index (χ0) is 14.4. The SMILES string of the molecule is CCCOc1cc(C)nc(NCC2CCCN2CC)n1. The van der Waals surface area contributed by atoms with Gasteiger partial charge in [0.2, 0.25) is 11.8 Å². The molecule has 5 heteroatoms. The maximum absolute atomic E-state index is 5.59. The lowest BCUT2D eigenvalue weighted by atomic mass is 10.2. The van der Waals surface area contributed by atoms with Crippen molar-refractivity contribution in [1.82, 2.24) is 14.9 Å². The first-order valence-corrected chi connectivity index (χ1v) is 7.69. The second-order valence-corrected chi connectivity index (χ2v) is 5.33. The second kappa shape index (κ2) is 7.43. The Kier molecular flexibility index (Phi) is 5.59. The molecule has 0 aliphatic carbocycles. The largest absolute Gasteiger partial charge is 0.478 e. The molecule has 1 saturated heterocycles. The van der Waals surface area contributed by atoms with Gasteiger partial charge >= 0.3 is 0 Å². The third-order valence-corrected chi connectivity index (χ3v) is 3.69. The summed E-state index contributed by atoms with van der Waals surface area (Å²) in [6.07, 6.45) is 3.53. The van der Waals surface area contributed by atoms with Crippen LogP contribution in [0.1, 0.15) is 38.8 Å². The van der Waals surface area contributed by atoms with Gasteiger partial charge in [-0.3, -0.25) is 4.90 Å². The molecule has 5 nitrogen and oxygen atoms in total. The van der Waals surface area contributed by atoms with Crippen molar-refractivity contribution in [2.45, 2.75) is 46.1 Å². The van der Waals surface area contributed by atoms with E-state index in [9.17, 15) is 0 Å². The van der Waals surface area contributed by atoms with Crippen molar-refractivity contribution in [3.8, 4) is 5.88 Å². The van der Waals surface area contributed by atoms with Crippen LogP contribution in [0, 0.1) is 6.92 Å². The van der Waals surface area contributed by atoms with Crippen LogP contribution < -0.4 is 10.1 Å². The van der Waals surface area contributed by atoms with Crippen LogP contribution in [0.2, 0.25) is 0 Å². The fourth-order valence-electron chi connectivity index (χ4n) is 2.65. The van der Waals surface area contributed by atoms with Gasteiger partial charge in [-0.2, -0.15) is 4.98 Å². The average molecular weight is 278 g/mol. The van der Waals surface area contributed by atoms with Crippen molar-refractivity contribution in [3.63, 3.8) is 0 Å². The molecule has 0 spiro atoms. The molecule has 1 N–H and O–H groups in total. The summed E-state index contributed by atoms with van der Waals surface area (Å²) in [5, 5.41) is 3.36. The summed E-state index contributed by atoms with van der Waals surface area (Å²) in [6.45, 7) is 10.2. The molecule has 1 aromatic rings. The van der Waals surface area contributed by atoms with Gasteiger partial charge in [0.1, 0.15) is 0 Å². The van der Waals surface area contributed by atoms with Gasteiger partial charge in [-0.1, -0.05) is 13.8 Å². The van der Waals surface area contributed by atoms with E-state index in [1.165, 1.54) is 19.4 Å². The predicted molar refractivity (Wildman–Crippen MR) is 81.3 cm³/mol. The van der Waals surface area contributed by atoms with Crippen LogP contribution in [0.4, 0.5) is 5.95 Å². The number of aromatic nitrogens is 2. The third kappa shape index (κ3) is 4.07. The molecule has 1 aromatic heterocycles. The Morgan fingerprint density at radius 2 is 2.25 bits per heavy atom. The summed E-state index contributed by atoms with van der Waals surface area (Å²) in [7, 11) is 0. The first-order valence-electron chi connectivity index (χ1n) is 7.69. The molecular weight excluding hydrogens is 252 g/mol. The number of hydrogen-bond donors (Lipinski definition) is 1. The van der Waals surface area contributed by atoms with E-state index >= 15 is 0 Å². The van der Waals surface area contributed by atoms with Crippen molar-refractivity contribution < 1.29 is 4.74 Å². The van der Waals surface area contributed by atoms with E-state index in [1.54, 1.807) is 0 Å². The Hall–Kier alpha value is -1.36. The van der Waals surface area contributed by atoms with Gasteiger partial charge in [-0.15, -0.1) is 0 Å². The molecule has 0 bridgehead atoms. The molecule has 0 amide bonds. The Bertz CT molecular complexity index is 424. The fraction of sp³-hybridized carbons (Fsp3) is 0.733. The number of ether oxygens (including phenoxy) is 1. The first kappa shape index (κ1) is 15.0. The number of anilines is 1. The standard InChI is InChI=1S/C15H26N4O/c1-4-9-20-14-10-12(3)17-15(18-14)16-11-13-7-6-8-19(13)5-2/h10,13H,4-9,11H2,1-3H3,(H,16,17,18). The lowest BCUT2D eigenvalue weighted by molar-refractivity contribution is 0.276. The maximum atomic E-state index is 5.59. The lowest BCUT2D eigenvalue weighted by Crippen LogP contribution is -2.34. The molecule has 1 aliphatic rings. The predicted octanol–water partition coefficient (Wildman–Crippen LogP) is 2.47. The van der Waals surface area contributed by atoms with Crippen molar-refractivity contribution in [3.05, 3.63) is 11.8 Å². The van der Waals surface area contributed by atoms with Gasteiger partial charge in [0.05, 0.1) is 6.61 Å². The van der Waals surface area contributed by atoms with Crippen molar-refractivity contribution in [1.29, 1.82) is 0 Å². The minimum Gasteiger partial charge on any atom is -0.478 e. The number of aryl methyl sites for hydroxylation is 1. The Labute approximate surface area is 121 Å². The zero-order valence-corrected chi connectivity index (χ0v) is 12.9. The van der Waals surface area contributed by atoms with E-state index in [-0.39, 0.29) is 0 Å². The van der Waals surface area contributed by atoms with Gasteiger partial charge in [-0.05, 0) is 39.3 Å². The van der Waals surface area contributed by atoms with Crippen LogP contribution in [0.3, 0.4) is 0 Å². The highest BCUT2D eigenvalue weighted by atomic mass is 16.5. The number of nitrogens with one attached hydrogen (secondary N) is 1. The highest BCUT2D eigenvalue weighted by Gasteiger charge is 2.22. The number of nitrogens with zero attached hydrogens (tertiary/aromatic N) is 3. The van der Waals surface area contributed by atoms with Crippen LogP contribution in [0.5, 0.6) is 5.88 Å². The zero-order valence-electron chi connectivity index (χ0n) is 12.9. The quantitative estimate of drug-likeness (QED) is 0.830. The number of likely N-dealkylation sites (N-methyl/N-ethyl adjacent to an activating group) is 1. The monoisotopic (exact) mass is 278 g/mol. The topological polar surface area (TPSA) is 50.3 Å². The average Bonchev–Trinajstić information content (AvgIpc) is 2.90. The summed E-state index contributed by atoms with van der Waals surface area (Å²) >= 11 is 0. The molecular formula is C15H26N4O. The summed E-state index contributed by atoms with van der Waals surface area (Å²) in [4.78, 5) is 11.4. The van der Waals surface area contributed by atoms with Gasteiger partial charge in [0, 0.05) is 24.3 Å². The van der Waals surface area contributed by atoms with Crippen LogP contribution >= 0.6 is 0 Å². The Morgan fingerprint density at radius 1 is 1.40 bits per heavy atom. The molecule has 0 radical (unpaired) electrons. The molecule has 0 aromatic carbocycles. The van der Waals surface area contributed by atoms with Crippen molar-refractivity contribution in [2.24, 2.45) is 0 Å². The summed E-state index contributed by atoms with van der Waals surface area (Å²) in [6, 6.07) is 2.48. The molecule has 1 aliphatic heterocycles. The van der Waals surface area contributed by atoms with E-state index in [4.69, 9.17) is 4.74 Å². The summed E-state index contributed by atoms with van der Waals surface area (Å²) in [5.74, 6) is 1.35. The van der Waals surface area contributed by atoms with Crippen LogP contribution in [-0.4, -0.2) is 47.2 Å². The summed E-state index contributed by atoms with van der Waals surface area (Å²) in [5.41, 5.74) is 0.937. The van der Waals surface area contributed by atoms with Crippen molar-refractivity contribution >= 4 is 5.95 Å². The smallest absolute Gasteiger partial charge is 0.226 e. The van der Waals surface area contributed by atoms with E-state index in [1.807, 2.05) is 13.0 Å². The maximum Gasteiger partial charge on any atom is 0.226 e. The van der Waals surface area contributed by atoms with Gasteiger partial charge in [0.25, 0.3) is 0 Å². The van der Waals surface area contributed by atoms with Crippen LogP contribution in [0.25, 0.3) is 0 Å². The molecule has 112 valence electrons. The normalized spacial score (nSPS) is 19.2. The number of likely N-dealkylation sites (tertiary alicyclic amines) is 1. The lowest BCUT2D eigenvalue weighted by Gasteiger charge is -2.22. The van der Waals surface area contributed by atoms with Crippen LogP contribution in [-0.2, 0) is 0 Å². The third-order valence-electron chi connectivity index (χ3n) is 3.69. The molecule has 2 rings (SSSR count). The Morgan fingerprint density at radius 3 is 3.00 bits per heavy atom. The van der Waals surface area contributed by atoms with Gasteiger partial charge in [-0.25, -0.2) is 4.98 Å². The van der Waals surface area contributed by atoms with Gasteiger partial charge in [0.15, 0.2) is 0 Å². The van der Waals surface area contributed by atoms with E-state index < -0.39 is 0 Å². The molecule has 20 heavy (non-hydrogen) atoms. The van der Waals surface area contributed by atoms with E-state index in [0.29, 0.717) is 24.5 Å². The molecule has 0 saturated carbocycles. The highest BCUT2D eigenvalue weighted by Crippen LogP contribution is 2.18. The van der Waals surface area contributed by atoms with E-state index in [2.05, 4.69) is 34.0 Å². The highest BCUT2D eigenvalue weighted by molar-refractivity contribution is 5.30. The first-order chi connectivity index (χ1) is 9.72. The second-order valence-electron chi connectivity index (χ2n) is 5.33. The van der Waals surface area contributed by atoms with Gasteiger partial charge < -0.3 is 10.1 Å². The van der Waals surface area contributed by atoms with Crippen LogP contribution in [0.15, 0.2) is 6.07 Å². The van der Waals surface area contributed by atoms with E-state index in [0.717, 1.165) is 25.2 Å². The number of rotatable bonds is 7. The minimum atomic E-state index is 0.601. The molecule has 1 unspecified atom stereocenters. The molecule has 1 atom stereocenters. The molecule has 1 fully saturated rings.